The van der Waals surface area contributed by atoms with Gasteiger partial charge >= 0.3 is 0 Å². The second kappa shape index (κ2) is 4.26. The van der Waals surface area contributed by atoms with E-state index in [2.05, 4.69) is 6.58 Å². The minimum Gasteiger partial charge on any atom is -0.380 e. The first-order chi connectivity index (χ1) is 5.68. The van der Waals surface area contributed by atoms with Gasteiger partial charge in [0.25, 0.3) is 0 Å². The molecule has 2 nitrogen and oxygen atoms in total. The molecule has 0 saturated carbocycles. The summed E-state index contributed by atoms with van der Waals surface area (Å²) in [5, 5.41) is 0. The molecule has 1 aliphatic rings. The minimum absolute atomic E-state index is 0.0804. The normalized spacial score (nSPS) is 20.2. The molecular formula is C9H15ClO2. The van der Waals surface area contributed by atoms with Crippen LogP contribution < -0.4 is 0 Å². The van der Waals surface area contributed by atoms with E-state index in [1.165, 1.54) is 0 Å². The van der Waals surface area contributed by atoms with Gasteiger partial charge < -0.3 is 9.47 Å². The number of rotatable bonds is 5. The molecule has 1 heterocycles. The van der Waals surface area contributed by atoms with Crippen LogP contribution in [0.1, 0.15) is 6.92 Å². The molecule has 70 valence electrons. The Morgan fingerprint density at radius 2 is 2.33 bits per heavy atom. The van der Waals surface area contributed by atoms with Crippen molar-refractivity contribution in [2.45, 2.75) is 6.92 Å². The van der Waals surface area contributed by atoms with E-state index in [0.717, 1.165) is 18.8 Å². The molecular weight excluding hydrogens is 176 g/mol. The van der Waals surface area contributed by atoms with E-state index in [1.807, 2.05) is 6.92 Å². The molecule has 1 saturated heterocycles. The zero-order chi connectivity index (χ0) is 9.03. The molecule has 1 rings (SSSR count). The van der Waals surface area contributed by atoms with E-state index in [1.54, 1.807) is 0 Å². The summed E-state index contributed by atoms with van der Waals surface area (Å²) in [6.07, 6.45) is 0. The van der Waals surface area contributed by atoms with Gasteiger partial charge in [-0.25, -0.2) is 0 Å². The predicted octanol–water partition coefficient (Wildman–Crippen LogP) is 1.83. The van der Waals surface area contributed by atoms with Crippen LogP contribution in [0.15, 0.2) is 12.2 Å². The lowest BCUT2D eigenvalue weighted by Gasteiger charge is -2.39. The standard InChI is InChI=1S/C9H15ClO2/c1-8(2)3-11-5-9(4-10)6-12-7-9/h1,3-7H2,2H3. The van der Waals surface area contributed by atoms with Crippen LogP contribution >= 0.6 is 11.6 Å². The first-order valence-corrected chi connectivity index (χ1v) is 4.58. The van der Waals surface area contributed by atoms with Crippen LogP contribution in [0.3, 0.4) is 0 Å². The third-order valence-electron chi connectivity index (χ3n) is 1.86. The number of ether oxygens (including phenoxy) is 2. The van der Waals surface area contributed by atoms with E-state index in [9.17, 15) is 0 Å². The smallest absolute Gasteiger partial charge is 0.0671 e. The van der Waals surface area contributed by atoms with Gasteiger partial charge in [-0.15, -0.1) is 11.6 Å². The lowest BCUT2D eigenvalue weighted by Crippen LogP contribution is -2.47. The number of hydrogen-bond donors (Lipinski definition) is 0. The lowest BCUT2D eigenvalue weighted by atomic mass is 9.90. The maximum atomic E-state index is 5.79. The molecule has 0 aromatic rings. The third kappa shape index (κ3) is 2.47. The van der Waals surface area contributed by atoms with Gasteiger partial charge in [-0.1, -0.05) is 12.2 Å². The van der Waals surface area contributed by atoms with Gasteiger partial charge in [0.1, 0.15) is 0 Å². The van der Waals surface area contributed by atoms with E-state index >= 15 is 0 Å². The summed E-state index contributed by atoms with van der Waals surface area (Å²) in [6, 6.07) is 0. The molecule has 0 atom stereocenters. The van der Waals surface area contributed by atoms with Crippen molar-refractivity contribution in [3.05, 3.63) is 12.2 Å². The van der Waals surface area contributed by atoms with Crippen LogP contribution in [-0.2, 0) is 9.47 Å². The molecule has 0 amide bonds. The first-order valence-electron chi connectivity index (χ1n) is 4.04. The van der Waals surface area contributed by atoms with E-state index in [4.69, 9.17) is 21.1 Å². The molecule has 0 bridgehead atoms. The average molecular weight is 191 g/mol. The summed E-state index contributed by atoms with van der Waals surface area (Å²) in [4.78, 5) is 0. The van der Waals surface area contributed by atoms with Crippen molar-refractivity contribution < 1.29 is 9.47 Å². The Bertz CT molecular complexity index is 158. The molecule has 3 heteroatoms. The van der Waals surface area contributed by atoms with Crippen LogP contribution in [0.4, 0.5) is 0 Å². The summed E-state index contributed by atoms with van der Waals surface area (Å²) in [5.41, 5.74) is 1.12. The SMILES string of the molecule is C=C(C)COCC1(CCl)COC1. The quantitative estimate of drug-likeness (QED) is 0.487. The Labute approximate surface area is 78.5 Å². The summed E-state index contributed by atoms with van der Waals surface area (Å²) < 4.78 is 10.5. The molecule has 0 spiro atoms. The van der Waals surface area contributed by atoms with Crippen molar-refractivity contribution in [1.82, 2.24) is 0 Å². The van der Waals surface area contributed by atoms with Crippen LogP contribution in [0, 0.1) is 5.41 Å². The fourth-order valence-electron chi connectivity index (χ4n) is 1.03. The Balaban J connectivity index is 2.16. The van der Waals surface area contributed by atoms with Crippen molar-refractivity contribution in [3.8, 4) is 0 Å². The fraction of sp³-hybridized carbons (Fsp3) is 0.778. The van der Waals surface area contributed by atoms with Gasteiger partial charge in [-0.3, -0.25) is 0 Å². The van der Waals surface area contributed by atoms with Crippen molar-refractivity contribution in [1.29, 1.82) is 0 Å². The van der Waals surface area contributed by atoms with Crippen molar-refractivity contribution in [2.24, 2.45) is 5.41 Å². The van der Waals surface area contributed by atoms with E-state index < -0.39 is 0 Å². The van der Waals surface area contributed by atoms with Gasteiger partial charge in [0.05, 0.1) is 31.8 Å². The average Bonchev–Trinajstić information content (AvgIpc) is 1.94. The largest absolute Gasteiger partial charge is 0.380 e. The minimum atomic E-state index is 0.0804. The van der Waals surface area contributed by atoms with Gasteiger partial charge in [0.2, 0.25) is 0 Å². The van der Waals surface area contributed by atoms with Gasteiger partial charge in [0.15, 0.2) is 0 Å². The summed E-state index contributed by atoms with van der Waals surface area (Å²) in [7, 11) is 0. The molecule has 0 aromatic carbocycles. The van der Waals surface area contributed by atoms with Crippen molar-refractivity contribution in [3.63, 3.8) is 0 Å². The van der Waals surface area contributed by atoms with E-state index in [-0.39, 0.29) is 5.41 Å². The highest BCUT2D eigenvalue weighted by molar-refractivity contribution is 6.18. The highest BCUT2D eigenvalue weighted by atomic mass is 35.5. The number of alkyl halides is 1. The van der Waals surface area contributed by atoms with Crippen LogP contribution in [0.2, 0.25) is 0 Å². The Kier molecular flexibility index (Phi) is 3.56. The second-order valence-corrected chi connectivity index (χ2v) is 3.84. The molecule has 0 radical (unpaired) electrons. The molecule has 0 unspecified atom stereocenters. The number of halogens is 1. The Hall–Kier alpha value is -0.0500. The fourth-order valence-corrected chi connectivity index (χ4v) is 1.26. The zero-order valence-corrected chi connectivity index (χ0v) is 8.19. The van der Waals surface area contributed by atoms with Crippen LogP contribution in [0.25, 0.3) is 0 Å². The number of hydrogen-bond acceptors (Lipinski definition) is 2. The topological polar surface area (TPSA) is 18.5 Å². The summed E-state index contributed by atoms with van der Waals surface area (Å²) in [5.74, 6) is 0.614. The maximum Gasteiger partial charge on any atom is 0.0671 e. The van der Waals surface area contributed by atoms with Gasteiger partial charge in [-0.2, -0.15) is 0 Å². The van der Waals surface area contributed by atoms with Crippen LogP contribution in [-0.4, -0.2) is 32.3 Å². The molecule has 0 aliphatic carbocycles. The van der Waals surface area contributed by atoms with E-state index in [0.29, 0.717) is 19.1 Å². The first kappa shape index (κ1) is 10.0. The predicted molar refractivity (Wildman–Crippen MR) is 49.6 cm³/mol. The van der Waals surface area contributed by atoms with Gasteiger partial charge in [0, 0.05) is 5.88 Å². The summed E-state index contributed by atoms with van der Waals surface area (Å²) >= 11 is 5.79. The molecule has 1 aliphatic heterocycles. The van der Waals surface area contributed by atoms with Crippen molar-refractivity contribution in [2.75, 3.05) is 32.3 Å². The van der Waals surface area contributed by atoms with Gasteiger partial charge in [-0.05, 0) is 6.92 Å². The highest BCUT2D eigenvalue weighted by Crippen LogP contribution is 2.29. The van der Waals surface area contributed by atoms with Crippen molar-refractivity contribution >= 4 is 11.6 Å². The Morgan fingerprint density at radius 3 is 2.67 bits per heavy atom. The monoisotopic (exact) mass is 190 g/mol. The molecule has 1 fully saturated rings. The van der Waals surface area contributed by atoms with Crippen LogP contribution in [0.5, 0.6) is 0 Å². The molecule has 0 aromatic heterocycles. The lowest BCUT2D eigenvalue weighted by molar-refractivity contribution is -0.133. The Morgan fingerprint density at radius 1 is 1.67 bits per heavy atom. The molecule has 12 heavy (non-hydrogen) atoms. The third-order valence-corrected chi connectivity index (χ3v) is 2.42. The second-order valence-electron chi connectivity index (χ2n) is 3.58. The highest BCUT2D eigenvalue weighted by Gasteiger charge is 2.38. The summed E-state index contributed by atoms with van der Waals surface area (Å²) in [6.45, 7) is 8.47. The maximum absolute atomic E-state index is 5.79. The molecule has 0 N–H and O–H groups in total. The zero-order valence-electron chi connectivity index (χ0n) is 7.44.